The van der Waals surface area contributed by atoms with E-state index in [9.17, 15) is 18.4 Å². The van der Waals surface area contributed by atoms with Crippen molar-refractivity contribution in [1.82, 2.24) is 15.6 Å². The van der Waals surface area contributed by atoms with Crippen LogP contribution in [0.2, 0.25) is 0 Å². The minimum atomic E-state index is -1.06. The van der Waals surface area contributed by atoms with Gasteiger partial charge in [0, 0.05) is 30.5 Å². The van der Waals surface area contributed by atoms with Crippen LogP contribution in [0.25, 0.3) is 0 Å². The third kappa shape index (κ3) is 5.62. The van der Waals surface area contributed by atoms with E-state index >= 15 is 0 Å². The fourth-order valence-electron chi connectivity index (χ4n) is 4.43. The summed E-state index contributed by atoms with van der Waals surface area (Å²) in [5.41, 5.74) is 0.0322. The summed E-state index contributed by atoms with van der Waals surface area (Å²) in [6.45, 7) is 11.1. The molecule has 11 heteroatoms. The van der Waals surface area contributed by atoms with Crippen molar-refractivity contribution in [2.45, 2.75) is 44.6 Å². The highest BCUT2D eigenvalue weighted by atomic mass is 32.2. The van der Waals surface area contributed by atoms with Gasteiger partial charge in [-0.05, 0) is 51.5 Å². The van der Waals surface area contributed by atoms with Crippen LogP contribution in [0.4, 0.5) is 13.6 Å². The van der Waals surface area contributed by atoms with Gasteiger partial charge in [-0.2, -0.15) is 5.10 Å². The summed E-state index contributed by atoms with van der Waals surface area (Å²) in [6, 6.07) is 10.5. The van der Waals surface area contributed by atoms with E-state index < -0.39 is 28.2 Å². The number of para-hydroxylation sites is 1. The number of ether oxygens (including phenoxy) is 2. The van der Waals surface area contributed by atoms with Crippen molar-refractivity contribution in [3.8, 4) is 5.75 Å². The fourth-order valence-corrected chi connectivity index (χ4v) is 6.01. The Kier molecular flexibility index (Phi) is 7.68. The van der Waals surface area contributed by atoms with Gasteiger partial charge in [-0.25, -0.2) is 18.6 Å². The first-order chi connectivity index (χ1) is 17.9. The van der Waals surface area contributed by atoms with Crippen molar-refractivity contribution < 1.29 is 27.8 Å². The number of halogens is 2. The van der Waals surface area contributed by atoms with Crippen LogP contribution in [0.1, 0.15) is 45.2 Å². The highest BCUT2D eigenvalue weighted by molar-refractivity contribution is 8.15. The average Bonchev–Trinajstić information content (AvgIpc) is 3.22. The lowest BCUT2D eigenvalue weighted by atomic mass is 9.86. The predicted molar refractivity (Wildman–Crippen MR) is 141 cm³/mol. The summed E-state index contributed by atoms with van der Waals surface area (Å²) in [6.07, 6.45) is -0.167. The van der Waals surface area contributed by atoms with Crippen molar-refractivity contribution >= 4 is 28.8 Å². The monoisotopic (exact) mass is 544 g/mol. The number of nitrogens with zero attached hydrogens (tertiary/aromatic N) is 2. The second-order valence-electron chi connectivity index (χ2n) is 9.98. The van der Waals surface area contributed by atoms with E-state index in [0.717, 1.165) is 18.2 Å². The molecular weight excluding hydrogens is 514 g/mol. The van der Waals surface area contributed by atoms with Gasteiger partial charge in [0.25, 0.3) is 0 Å². The molecule has 2 heterocycles. The maximum absolute atomic E-state index is 14.7. The fraction of sp³-hybridized carbons (Fsp3) is 0.370. The first kappa shape index (κ1) is 27.4. The SMILES string of the molecule is C=C(NCC[C@@H]1COc2ccccc2[C@@]12SC(c1cc(F)ccc1F)=NN2C(C)=O)NC(=O)OC(C)(C)C. The molecule has 38 heavy (non-hydrogen) atoms. The molecule has 4 rings (SSSR count). The van der Waals surface area contributed by atoms with Gasteiger partial charge in [0.1, 0.15) is 33.8 Å². The third-order valence-corrected chi connectivity index (χ3v) is 7.50. The molecule has 2 N–H and O–H groups in total. The topological polar surface area (TPSA) is 92.3 Å². The van der Waals surface area contributed by atoms with Crippen LogP contribution >= 0.6 is 11.8 Å². The Morgan fingerprint density at radius 3 is 2.71 bits per heavy atom. The van der Waals surface area contributed by atoms with Crippen molar-refractivity contribution in [3.05, 3.63) is 77.6 Å². The van der Waals surface area contributed by atoms with E-state index in [4.69, 9.17) is 9.47 Å². The van der Waals surface area contributed by atoms with Crippen molar-refractivity contribution in [3.63, 3.8) is 0 Å². The van der Waals surface area contributed by atoms with E-state index in [0.29, 0.717) is 24.3 Å². The number of benzene rings is 2. The summed E-state index contributed by atoms with van der Waals surface area (Å²) >= 11 is 1.20. The number of thioether (sulfide) groups is 1. The summed E-state index contributed by atoms with van der Waals surface area (Å²) in [5.74, 6) is -1.07. The lowest BCUT2D eigenvalue weighted by Crippen LogP contribution is -2.51. The largest absolute Gasteiger partial charge is 0.493 e. The number of amides is 2. The summed E-state index contributed by atoms with van der Waals surface area (Å²) < 4.78 is 40.1. The smallest absolute Gasteiger partial charge is 0.413 e. The van der Waals surface area contributed by atoms with Gasteiger partial charge in [0.15, 0.2) is 4.87 Å². The molecule has 0 unspecified atom stereocenters. The van der Waals surface area contributed by atoms with Crippen LogP contribution in [0.15, 0.2) is 60.0 Å². The predicted octanol–water partition coefficient (Wildman–Crippen LogP) is 5.06. The molecule has 0 aromatic heterocycles. The van der Waals surface area contributed by atoms with Gasteiger partial charge >= 0.3 is 6.09 Å². The van der Waals surface area contributed by atoms with Gasteiger partial charge < -0.3 is 14.8 Å². The molecule has 2 aromatic rings. The van der Waals surface area contributed by atoms with Gasteiger partial charge in [-0.1, -0.05) is 36.5 Å². The third-order valence-electron chi connectivity index (χ3n) is 5.96. The molecule has 2 atom stereocenters. The number of hydrogen-bond acceptors (Lipinski definition) is 7. The summed E-state index contributed by atoms with van der Waals surface area (Å²) in [4.78, 5) is 23.9. The molecule has 8 nitrogen and oxygen atoms in total. The van der Waals surface area contributed by atoms with Crippen LogP contribution in [-0.2, 0) is 14.4 Å². The molecule has 0 aliphatic carbocycles. The Balaban J connectivity index is 1.60. The molecule has 0 bridgehead atoms. The normalized spacial score (nSPS) is 20.3. The van der Waals surface area contributed by atoms with Crippen LogP contribution in [0, 0.1) is 17.6 Å². The quantitative estimate of drug-likeness (QED) is 0.528. The molecule has 0 saturated heterocycles. The van der Waals surface area contributed by atoms with Gasteiger partial charge in [-0.3, -0.25) is 10.1 Å². The molecular formula is C27H30F2N4O4S. The molecule has 0 radical (unpaired) electrons. The standard InChI is InChI=1S/C27H30F2N4O4S/c1-16(31-25(35)37-26(3,4)5)30-13-12-18-15-36-23-9-7-6-8-21(23)27(18)33(17(2)34)32-24(38-27)20-14-19(28)10-11-22(20)29/h6-11,14,18,30H,1,12-13,15H2,2-5H3,(H,31,35)/t18-,27+/m1/s1. The Bertz CT molecular complexity index is 1300. The summed E-state index contributed by atoms with van der Waals surface area (Å²) in [5, 5.41) is 11.6. The Morgan fingerprint density at radius 1 is 1.26 bits per heavy atom. The molecule has 202 valence electrons. The maximum Gasteiger partial charge on any atom is 0.413 e. The zero-order valence-corrected chi connectivity index (χ0v) is 22.5. The minimum absolute atomic E-state index is 0.0195. The highest BCUT2D eigenvalue weighted by Crippen LogP contribution is 2.57. The van der Waals surface area contributed by atoms with E-state index in [1.165, 1.54) is 23.7 Å². The second-order valence-corrected chi connectivity index (χ2v) is 11.2. The maximum atomic E-state index is 14.7. The average molecular weight is 545 g/mol. The van der Waals surface area contributed by atoms with Crippen molar-refractivity contribution in [2.75, 3.05) is 13.2 Å². The number of hydrazone groups is 1. The van der Waals surface area contributed by atoms with Gasteiger partial charge in [-0.15, -0.1) is 0 Å². The molecule has 0 saturated carbocycles. The van der Waals surface area contributed by atoms with E-state index in [2.05, 4.69) is 22.3 Å². The zero-order chi connectivity index (χ0) is 27.7. The molecule has 2 aliphatic heterocycles. The van der Waals surface area contributed by atoms with Crippen molar-refractivity contribution in [1.29, 1.82) is 0 Å². The van der Waals surface area contributed by atoms with Gasteiger partial charge in [0.2, 0.25) is 5.91 Å². The number of fused-ring (bicyclic) bond motifs is 2. The van der Waals surface area contributed by atoms with Crippen LogP contribution in [-0.4, -0.2) is 40.8 Å². The van der Waals surface area contributed by atoms with E-state index in [1.54, 1.807) is 26.8 Å². The van der Waals surface area contributed by atoms with Crippen molar-refractivity contribution in [2.24, 2.45) is 11.0 Å². The van der Waals surface area contributed by atoms with Gasteiger partial charge in [0.05, 0.1) is 6.61 Å². The lowest BCUT2D eigenvalue weighted by Gasteiger charge is -2.45. The molecule has 2 amide bonds. The number of rotatable bonds is 6. The highest BCUT2D eigenvalue weighted by Gasteiger charge is 2.56. The summed E-state index contributed by atoms with van der Waals surface area (Å²) in [7, 11) is 0. The molecule has 0 fully saturated rings. The van der Waals surface area contributed by atoms with Crippen LogP contribution in [0.5, 0.6) is 5.75 Å². The Morgan fingerprint density at radius 2 is 2.00 bits per heavy atom. The molecule has 1 spiro atoms. The minimum Gasteiger partial charge on any atom is -0.493 e. The first-order valence-corrected chi connectivity index (χ1v) is 12.9. The van der Waals surface area contributed by atoms with Crippen LogP contribution < -0.4 is 15.4 Å². The second kappa shape index (κ2) is 10.6. The number of hydrogen-bond donors (Lipinski definition) is 2. The van der Waals surface area contributed by atoms with Crippen LogP contribution in [0.3, 0.4) is 0 Å². The first-order valence-electron chi connectivity index (χ1n) is 12.1. The van der Waals surface area contributed by atoms with E-state index in [-0.39, 0.29) is 34.9 Å². The Hall–Kier alpha value is -3.60. The molecule has 2 aliphatic rings. The number of carbonyl (C=O) groups excluding carboxylic acids is 2. The zero-order valence-electron chi connectivity index (χ0n) is 21.6. The number of alkyl carbamates (subject to hydrolysis) is 1. The lowest BCUT2D eigenvalue weighted by molar-refractivity contribution is -0.134. The Labute approximate surface area is 224 Å². The number of carbonyl (C=O) groups is 2. The molecule has 2 aromatic carbocycles. The van der Waals surface area contributed by atoms with E-state index in [1.807, 2.05) is 18.2 Å². The number of nitrogens with one attached hydrogen (secondary N) is 2.